The van der Waals surface area contributed by atoms with Crippen molar-refractivity contribution < 1.29 is 49.6 Å². The summed E-state index contributed by atoms with van der Waals surface area (Å²) >= 11 is 0. The molecule has 2 fully saturated rings. The van der Waals surface area contributed by atoms with E-state index in [2.05, 4.69) is 6.58 Å². The van der Waals surface area contributed by atoms with E-state index in [0.29, 0.717) is 5.75 Å². The first kappa shape index (κ1) is 23.1. The molecule has 10 nitrogen and oxygen atoms in total. The van der Waals surface area contributed by atoms with Gasteiger partial charge < -0.3 is 49.6 Å². The Balaban J connectivity index is 1.80. The molecule has 0 aliphatic carbocycles. The van der Waals surface area contributed by atoms with E-state index in [-0.39, 0.29) is 0 Å². The second-order valence-electron chi connectivity index (χ2n) is 7.38. The number of rotatable bonds is 6. The van der Waals surface area contributed by atoms with Crippen molar-refractivity contribution in [3.8, 4) is 5.75 Å². The van der Waals surface area contributed by atoms with Crippen LogP contribution >= 0.6 is 0 Å². The van der Waals surface area contributed by atoms with Gasteiger partial charge in [0, 0.05) is 0 Å². The number of aliphatic hydroxyl groups excluding tert-OH is 6. The molecule has 0 saturated carbocycles. The highest BCUT2D eigenvalue weighted by molar-refractivity contribution is 5.48. The quantitative estimate of drug-likeness (QED) is 0.310. The lowest BCUT2D eigenvalue weighted by Gasteiger charge is -2.45. The van der Waals surface area contributed by atoms with E-state index >= 15 is 0 Å². The zero-order valence-electron chi connectivity index (χ0n) is 16.4. The summed E-state index contributed by atoms with van der Waals surface area (Å²) in [5.41, 5.74) is 0.851. The van der Waals surface area contributed by atoms with E-state index in [0.717, 1.165) is 5.56 Å². The maximum Gasteiger partial charge on any atom is 0.229 e. The van der Waals surface area contributed by atoms with Crippen LogP contribution in [0, 0.1) is 0 Å². The average Bonchev–Trinajstić information content (AvgIpc) is 2.75. The SMILES string of the molecule is C=Cc1ccc(O[C@@H]2O[C@H](CO)[C@@H](O)[C@H](O)[C@H]2O[C@@H]2O[C@@H](C)[C@H](O)[C@H](O)[C@H]2O)cc1. The van der Waals surface area contributed by atoms with Gasteiger partial charge in [-0.2, -0.15) is 0 Å². The van der Waals surface area contributed by atoms with Gasteiger partial charge in [-0.1, -0.05) is 24.8 Å². The van der Waals surface area contributed by atoms with Gasteiger partial charge in [0.2, 0.25) is 6.29 Å². The molecule has 2 aliphatic rings. The summed E-state index contributed by atoms with van der Waals surface area (Å²) in [5.74, 6) is 0.355. The molecule has 2 heterocycles. The van der Waals surface area contributed by atoms with E-state index in [1.165, 1.54) is 6.92 Å². The Morgan fingerprint density at radius 2 is 1.57 bits per heavy atom. The van der Waals surface area contributed by atoms with Crippen molar-refractivity contribution in [2.75, 3.05) is 6.61 Å². The van der Waals surface area contributed by atoms with Gasteiger partial charge in [0.1, 0.15) is 42.4 Å². The minimum atomic E-state index is -1.62. The van der Waals surface area contributed by atoms with Crippen molar-refractivity contribution in [1.82, 2.24) is 0 Å². The molecule has 10 heteroatoms. The monoisotopic (exact) mass is 428 g/mol. The van der Waals surface area contributed by atoms with Crippen LogP contribution in [0.3, 0.4) is 0 Å². The maximum absolute atomic E-state index is 10.6. The smallest absolute Gasteiger partial charge is 0.229 e. The molecule has 2 saturated heterocycles. The highest BCUT2D eigenvalue weighted by Gasteiger charge is 2.50. The van der Waals surface area contributed by atoms with Gasteiger partial charge >= 0.3 is 0 Å². The van der Waals surface area contributed by atoms with Crippen LogP contribution in [0.5, 0.6) is 5.75 Å². The lowest BCUT2D eigenvalue weighted by atomic mass is 9.97. The lowest BCUT2D eigenvalue weighted by molar-refractivity contribution is -0.354. The summed E-state index contributed by atoms with van der Waals surface area (Å²) in [6.07, 6.45) is -12.0. The van der Waals surface area contributed by atoms with Crippen molar-refractivity contribution >= 4 is 6.08 Å². The van der Waals surface area contributed by atoms with E-state index in [4.69, 9.17) is 18.9 Å². The molecule has 30 heavy (non-hydrogen) atoms. The van der Waals surface area contributed by atoms with Crippen LogP contribution in [-0.2, 0) is 14.2 Å². The Kier molecular flexibility index (Phi) is 7.45. The van der Waals surface area contributed by atoms with Gasteiger partial charge in [0.15, 0.2) is 12.4 Å². The van der Waals surface area contributed by atoms with E-state index in [9.17, 15) is 30.6 Å². The molecular weight excluding hydrogens is 400 g/mol. The van der Waals surface area contributed by atoms with Crippen molar-refractivity contribution in [3.05, 3.63) is 36.4 Å². The molecule has 0 bridgehead atoms. The Hall–Kier alpha value is -1.60. The molecule has 0 amide bonds. The fourth-order valence-corrected chi connectivity index (χ4v) is 3.39. The van der Waals surface area contributed by atoms with Crippen LogP contribution in [0.2, 0.25) is 0 Å². The number of ether oxygens (including phenoxy) is 4. The van der Waals surface area contributed by atoms with Crippen LogP contribution in [-0.4, -0.2) is 98.7 Å². The first-order valence-electron chi connectivity index (χ1n) is 9.63. The van der Waals surface area contributed by atoms with Gasteiger partial charge in [-0.05, 0) is 24.6 Å². The van der Waals surface area contributed by atoms with E-state index in [1.807, 2.05) is 0 Å². The topological polar surface area (TPSA) is 158 Å². The fourth-order valence-electron chi connectivity index (χ4n) is 3.39. The summed E-state index contributed by atoms with van der Waals surface area (Å²) in [7, 11) is 0. The standard InChI is InChI=1S/C20H28O10/c1-3-10-4-6-11(7-5-10)28-20-18(16(25)14(23)12(8-21)29-20)30-19-17(26)15(24)13(22)9(2)27-19/h3-7,9,12-26H,1,8H2,2H3/t9-,12+,13-,14+,15-,16-,17+,18+,19-,20+/m0/s1. The summed E-state index contributed by atoms with van der Waals surface area (Å²) in [6.45, 7) is 4.57. The molecule has 6 N–H and O–H groups in total. The second-order valence-corrected chi connectivity index (χ2v) is 7.38. The summed E-state index contributed by atoms with van der Waals surface area (Å²) < 4.78 is 22.4. The normalized spacial score (nSPS) is 42.0. The van der Waals surface area contributed by atoms with Crippen LogP contribution in [0.4, 0.5) is 0 Å². The molecule has 1 aromatic carbocycles. The van der Waals surface area contributed by atoms with Crippen LogP contribution in [0.15, 0.2) is 30.8 Å². The van der Waals surface area contributed by atoms with Crippen LogP contribution in [0.1, 0.15) is 12.5 Å². The summed E-state index contributed by atoms with van der Waals surface area (Å²) in [5, 5.41) is 60.3. The van der Waals surface area contributed by atoms with Crippen LogP contribution < -0.4 is 4.74 Å². The summed E-state index contributed by atoms with van der Waals surface area (Å²) in [4.78, 5) is 0. The first-order chi connectivity index (χ1) is 14.3. The number of hydrogen-bond donors (Lipinski definition) is 6. The molecule has 0 spiro atoms. The third-order valence-corrected chi connectivity index (χ3v) is 5.29. The molecule has 10 atom stereocenters. The molecule has 0 aromatic heterocycles. The fraction of sp³-hybridized carbons (Fsp3) is 0.600. The molecule has 1 aromatic rings. The predicted molar refractivity (Wildman–Crippen MR) is 102 cm³/mol. The summed E-state index contributed by atoms with van der Waals surface area (Å²) in [6, 6.07) is 6.75. The molecule has 3 rings (SSSR count). The Bertz CT molecular complexity index is 697. The van der Waals surface area contributed by atoms with Gasteiger partial charge in [-0.3, -0.25) is 0 Å². The van der Waals surface area contributed by atoms with Gasteiger partial charge in [0.25, 0.3) is 0 Å². The predicted octanol–water partition coefficient (Wildman–Crippen LogP) is -1.64. The molecular formula is C20H28O10. The van der Waals surface area contributed by atoms with Gasteiger partial charge in [-0.15, -0.1) is 0 Å². The third-order valence-electron chi connectivity index (χ3n) is 5.29. The van der Waals surface area contributed by atoms with Crippen LogP contribution in [0.25, 0.3) is 6.08 Å². The third kappa shape index (κ3) is 4.67. The zero-order chi connectivity index (χ0) is 22.0. The van der Waals surface area contributed by atoms with Crippen molar-refractivity contribution in [1.29, 1.82) is 0 Å². The van der Waals surface area contributed by atoms with E-state index < -0.39 is 68.0 Å². The van der Waals surface area contributed by atoms with Crippen molar-refractivity contribution in [2.24, 2.45) is 0 Å². The van der Waals surface area contributed by atoms with Gasteiger partial charge in [-0.25, -0.2) is 0 Å². The molecule has 168 valence electrons. The van der Waals surface area contributed by atoms with Crippen molar-refractivity contribution in [2.45, 2.75) is 68.3 Å². The minimum absolute atomic E-state index is 0.355. The number of benzene rings is 1. The molecule has 0 radical (unpaired) electrons. The molecule has 2 aliphatic heterocycles. The average molecular weight is 428 g/mol. The zero-order valence-corrected chi connectivity index (χ0v) is 16.4. The largest absolute Gasteiger partial charge is 0.462 e. The number of hydrogen-bond acceptors (Lipinski definition) is 10. The first-order valence-corrected chi connectivity index (χ1v) is 9.63. The highest BCUT2D eigenvalue weighted by atomic mass is 16.8. The van der Waals surface area contributed by atoms with Crippen molar-refractivity contribution in [3.63, 3.8) is 0 Å². The van der Waals surface area contributed by atoms with E-state index in [1.54, 1.807) is 30.3 Å². The Morgan fingerprint density at radius 3 is 2.17 bits per heavy atom. The molecule has 0 unspecified atom stereocenters. The highest BCUT2D eigenvalue weighted by Crippen LogP contribution is 2.30. The van der Waals surface area contributed by atoms with Gasteiger partial charge in [0.05, 0.1) is 12.7 Å². The Labute approximate surface area is 173 Å². The minimum Gasteiger partial charge on any atom is -0.462 e. The second kappa shape index (κ2) is 9.69. The maximum atomic E-state index is 10.6. The Morgan fingerprint density at radius 1 is 0.900 bits per heavy atom. The lowest BCUT2D eigenvalue weighted by Crippen LogP contribution is -2.64. The number of aliphatic hydroxyl groups is 6.